The van der Waals surface area contributed by atoms with Gasteiger partial charge in [-0.2, -0.15) is 0 Å². The lowest BCUT2D eigenvalue weighted by Crippen LogP contribution is -1.95. The molecule has 20 heavy (non-hydrogen) atoms. The second-order valence-electron chi connectivity index (χ2n) is 4.45. The number of nitrogens with zero attached hydrogens (tertiary/aromatic N) is 1. The van der Waals surface area contributed by atoms with E-state index in [4.69, 9.17) is 34.8 Å². The molecule has 0 N–H and O–H groups in total. The van der Waals surface area contributed by atoms with Gasteiger partial charge in [0.1, 0.15) is 0 Å². The van der Waals surface area contributed by atoms with Crippen LogP contribution in [-0.2, 0) is 6.42 Å². The maximum absolute atomic E-state index is 6.46. The Bertz CT molecular complexity index is 700. The van der Waals surface area contributed by atoms with Gasteiger partial charge in [-0.05, 0) is 35.9 Å². The van der Waals surface area contributed by atoms with Gasteiger partial charge < -0.3 is 0 Å². The predicted octanol–water partition coefficient (Wildman–Crippen LogP) is 6.13. The van der Waals surface area contributed by atoms with Crippen molar-refractivity contribution in [1.29, 1.82) is 0 Å². The molecule has 0 radical (unpaired) electrons. The normalized spacial score (nSPS) is 12.8. The molecule has 1 aromatic heterocycles. The maximum atomic E-state index is 6.46. The monoisotopic (exact) mass is 341 g/mol. The summed E-state index contributed by atoms with van der Waals surface area (Å²) in [6.07, 6.45) is 0.664. The largest absolute Gasteiger partial charge is 0.241 e. The number of aromatic nitrogens is 1. The molecule has 0 amide bonds. The molecule has 0 bridgehead atoms. The first-order chi connectivity index (χ1) is 9.61. The third-order valence-electron chi connectivity index (χ3n) is 2.94. The predicted molar refractivity (Wildman–Crippen MR) is 88.4 cm³/mol. The van der Waals surface area contributed by atoms with E-state index < -0.39 is 0 Å². The van der Waals surface area contributed by atoms with Crippen LogP contribution in [0.25, 0.3) is 10.2 Å². The number of benzene rings is 2. The SMILES string of the molecule is Clc1cc(Cl)cc(C(Cl)Cc2nc3ccccc3s2)c1. The number of hydrogen-bond donors (Lipinski definition) is 0. The summed E-state index contributed by atoms with van der Waals surface area (Å²) in [5.41, 5.74) is 1.93. The molecule has 0 aliphatic rings. The minimum absolute atomic E-state index is 0.188. The first-order valence-corrected chi connectivity index (χ1v) is 8.07. The molecule has 0 aliphatic carbocycles. The number of fused-ring (bicyclic) bond motifs is 1. The Labute approximate surface area is 136 Å². The van der Waals surface area contributed by atoms with E-state index in [1.54, 1.807) is 17.4 Å². The highest BCUT2D eigenvalue weighted by Gasteiger charge is 2.13. The van der Waals surface area contributed by atoms with Gasteiger partial charge in [-0.25, -0.2) is 4.98 Å². The van der Waals surface area contributed by atoms with Gasteiger partial charge >= 0.3 is 0 Å². The Morgan fingerprint density at radius 3 is 2.45 bits per heavy atom. The fourth-order valence-corrected chi connectivity index (χ4v) is 3.95. The minimum Gasteiger partial charge on any atom is -0.241 e. The standard InChI is InChI=1S/C15H10Cl3NS/c16-10-5-9(6-11(17)7-10)12(18)8-15-19-13-3-1-2-4-14(13)20-15/h1-7,12H,8H2. The zero-order valence-corrected chi connectivity index (χ0v) is 13.4. The highest BCUT2D eigenvalue weighted by Crippen LogP contribution is 2.32. The second-order valence-corrected chi connectivity index (χ2v) is 6.96. The molecular formula is C15H10Cl3NS. The van der Waals surface area contributed by atoms with Crippen LogP contribution >= 0.6 is 46.1 Å². The molecule has 0 fully saturated rings. The van der Waals surface area contributed by atoms with Gasteiger partial charge in [0.2, 0.25) is 0 Å². The molecule has 2 aromatic carbocycles. The zero-order chi connectivity index (χ0) is 14.1. The van der Waals surface area contributed by atoms with Crippen molar-refractivity contribution >= 4 is 56.4 Å². The molecule has 1 nitrogen and oxygen atoms in total. The lowest BCUT2D eigenvalue weighted by molar-refractivity contribution is 0.911. The van der Waals surface area contributed by atoms with Crippen LogP contribution in [-0.4, -0.2) is 4.98 Å². The van der Waals surface area contributed by atoms with E-state index in [9.17, 15) is 0 Å². The van der Waals surface area contributed by atoms with Crippen molar-refractivity contribution < 1.29 is 0 Å². The Balaban J connectivity index is 1.86. The Kier molecular flexibility index (Phi) is 4.18. The Hall–Kier alpha value is -0.800. The van der Waals surface area contributed by atoms with Crippen LogP contribution in [0.4, 0.5) is 0 Å². The summed E-state index contributed by atoms with van der Waals surface area (Å²) in [7, 11) is 0. The highest BCUT2D eigenvalue weighted by atomic mass is 35.5. The summed E-state index contributed by atoms with van der Waals surface area (Å²) >= 11 is 20.1. The second kappa shape index (κ2) is 5.90. The minimum atomic E-state index is -0.188. The molecule has 5 heteroatoms. The number of hydrogen-bond acceptors (Lipinski definition) is 2. The van der Waals surface area contributed by atoms with Gasteiger partial charge in [0.25, 0.3) is 0 Å². The van der Waals surface area contributed by atoms with Gasteiger partial charge in [-0.15, -0.1) is 22.9 Å². The summed E-state index contributed by atoms with van der Waals surface area (Å²) in [5.74, 6) is 0. The highest BCUT2D eigenvalue weighted by molar-refractivity contribution is 7.18. The molecule has 102 valence electrons. The zero-order valence-electron chi connectivity index (χ0n) is 10.3. The van der Waals surface area contributed by atoms with Crippen LogP contribution in [0, 0.1) is 0 Å². The maximum Gasteiger partial charge on any atom is 0.0956 e. The lowest BCUT2D eigenvalue weighted by Gasteiger charge is -2.09. The van der Waals surface area contributed by atoms with Crippen LogP contribution < -0.4 is 0 Å². The molecule has 0 saturated heterocycles. The third-order valence-corrected chi connectivity index (χ3v) is 4.84. The topological polar surface area (TPSA) is 12.9 Å². The average molecular weight is 343 g/mol. The number of halogens is 3. The summed E-state index contributed by atoms with van der Waals surface area (Å²) < 4.78 is 1.18. The van der Waals surface area contributed by atoms with Crippen molar-refractivity contribution in [3.05, 3.63) is 63.1 Å². The van der Waals surface area contributed by atoms with Gasteiger partial charge in [-0.1, -0.05) is 35.3 Å². The van der Waals surface area contributed by atoms with Crippen molar-refractivity contribution in [2.75, 3.05) is 0 Å². The van der Waals surface area contributed by atoms with E-state index in [1.807, 2.05) is 30.3 Å². The number of rotatable bonds is 3. The fourth-order valence-electron chi connectivity index (χ4n) is 2.03. The van der Waals surface area contributed by atoms with Crippen molar-refractivity contribution in [3.8, 4) is 0 Å². The van der Waals surface area contributed by atoms with E-state index >= 15 is 0 Å². The van der Waals surface area contributed by atoms with Crippen LogP contribution in [0.3, 0.4) is 0 Å². The number of thiazole rings is 1. The smallest absolute Gasteiger partial charge is 0.0956 e. The van der Waals surface area contributed by atoms with Crippen LogP contribution in [0.1, 0.15) is 15.9 Å². The van der Waals surface area contributed by atoms with Crippen molar-refractivity contribution in [1.82, 2.24) is 4.98 Å². The lowest BCUT2D eigenvalue weighted by atomic mass is 10.1. The van der Waals surface area contributed by atoms with Gasteiger partial charge in [0.05, 0.1) is 20.6 Å². The van der Waals surface area contributed by atoms with E-state index in [-0.39, 0.29) is 5.38 Å². The van der Waals surface area contributed by atoms with Crippen LogP contribution in [0.15, 0.2) is 42.5 Å². The van der Waals surface area contributed by atoms with Crippen molar-refractivity contribution in [2.45, 2.75) is 11.8 Å². The fraction of sp³-hybridized carbons (Fsp3) is 0.133. The summed E-state index contributed by atoms with van der Waals surface area (Å²) in [6.45, 7) is 0. The Morgan fingerprint density at radius 2 is 1.75 bits per heavy atom. The van der Waals surface area contributed by atoms with Crippen molar-refractivity contribution in [2.24, 2.45) is 0 Å². The summed E-state index contributed by atoms with van der Waals surface area (Å²) in [5, 5.41) is 2.03. The summed E-state index contributed by atoms with van der Waals surface area (Å²) in [6, 6.07) is 13.5. The van der Waals surface area contributed by atoms with Gasteiger partial charge in [0.15, 0.2) is 0 Å². The molecule has 1 atom stereocenters. The van der Waals surface area contributed by atoms with E-state index in [1.165, 1.54) is 4.70 Å². The molecule has 0 aliphatic heterocycles. The van der Waals surface area contributed by atoms with E-state index in [0.717, 1.165) is 16.1 Å². The number of alkyl halides is 1. The molecule has 1 heterocycles. The van der Waals surface area contributed by atoms with Gasteiger partial charge in [-0.3, -0.25) is 0 Å². The molecule has 1 unspecified atom stereocenters. The quantitative estimate of drug-likeness (QED) is 0.522. The van der Waals surface area contributed by atoms with Gasteiger partial charge in [0, 0.05) is 16.5 Å². The van der Waals surface area contributed by atoms with Crippen LogP contribution in [0.2, 0.25) is 10.0 Å². The summed E-state index contributed by atoms with van der Waals surface area (Å²) in [4.78, 5) is 4.59. The molecule has 0 spiro atoms. The average Bonchev–Trinajstić information content (AvgIpc) is 2.79. The third kappa shape index (κ3) is 3.09. The molecule has 3 aromatic rings. The van der Waals surface area contributed by atoms with Crippen LogP contribution in [0.5, 0.6) is 0 Å². The van der Waals surface area contributed by atoms with E-state index in [2.05, 4.69) is 11.1 Å². The van der Waals surface area contributed by atoms with Crippen molar-refractivity contribution in [3.63, 3.8) is 0 Å². The molecule has 0 saturated carbocycles. The Morgan fingerprint density at radius 1 is 1.05 bits per heavy atom. The first-order valence-electron chi connectivity index (χ1n) is 6.06. The van der Waals surface area contributed by atoms with E-state index in [0.29, 0.717) is 16.5 Å². The number of para-hydroxylation sites is 1. The molecule has 3 rings (SSSR count). The molecular weight excluding hydrogens is 333 g/mol. The first kappa shape index (κ1) is 14.2.